The molecule has 0 spiro atoms. The third kappa shape index (κ3) is 3.34. The maximum absolute atomic E-state index is 12.5. The van der Waals surface area contributed by atoms with Crippen molar-refractivity contribution >= 4 is 21.6 Å². The van der Waals surface area contributed by atoms with E-state index in [0.717, 1.165) is 24.1 Å². The number of rotatable bonds is 4. The van der Waals surface area contributed by atoms with Gasteiger partial charge in [-0.1, -0.05) is 0 Å². The number of oxazole rings is 1. The van der Waals surface area contributed by atoms with Crippen molar-refractivity contribution in [2.45, 2.75) is 38.1 Å². The molecule has 1 amide bonds. The molecule has 0 fully saturated rings. The molecule has 3 rings (SSSR count). The Balaban J connectivity index is 1.82. The number of hydrogen-bond donors (Lipinski definition) is 1. The summed E-state index contributed by atoms with van der Waals surface area (Å²) >= 11 is 0. The van der Waals surface area contributed by atoms with Gasteiger partial charge >= 0.3 is 0 Å². The van der Waals surface area contributed by atoms with Gasteiger partial charge in [-0.25, -0.2) is 18.1 Å². The molecule has 0 saturated heterocycles. The van der Waals surface area contributed by atoms with Crippen LogP contribution in [-0.4, -0.2) is 25.9 Å². The zero-order valence-electron chi connectivity index (χ0n) is 13.6. The van der Waals surface area contributed by atoms with Crippen molar-refractivity contribution in [1.82, 2.24) is 9.71 Å². The molecule has 1 aromatic heterocycles. The Bertz CT molecular complexity index is 873. The molecule has 0 saturated carbocycles. The highest BCUT2D eigenvalue weighted by atomic mass is 32.2. The van der Waals surface area contributed by atoms with Crippen LogP contribution in [0.3, 0.4) is 0 Å². The van der Waals surface area contributed by atoms with Crippen LogP contribution in [0.2, 0.25) is 0 Å². The number of carbonyl (C=O) groups excluding carboxylic acids is 1. The van der Waals surface area contributed by atoms with Crippen LogP contribution < -0.4 is 9.62 Å². The number of nitrogens with zero attached hydrogens (tertiary/aromatic N) is 2. The molecule has 0 atom stereocenters. The quantitative estimate of drug-likeness (QED) is 0.908. The number of anilines is 1. The van der Waals surface area contributed by atoms with Crippen molar-refractivity contribution in [1.29, 1.82) is 0 Å². The average Bonchev–Trinajstić information content (AvgIpc) is 2.97. The van der Waals surface area contributed by atoms with E-state index in [1.54, 1.807) is 24.0 Å². The number of benzene rings is 1. The number of nitrogens with one attached hydrogen (secondary N) is 1. The van der Waals surface area contributed by atoms with Crippen LogP contribution in [0.15, 0.2) is 33.8 Å². The molecule has 128 valence electrons. The van der Waals surface area contributed by atoms with Gasteiger partial charge < -0.3 is 9.32 Å². The van der Waals surface area contributed by atoms with Crippen molar-refractivity contribution in [3.8, 4) is 0 Å². The fourth-order valence-corrected chi connectivity index (χ4v) is 3.86. The Hall–Kier alpha value is -2.19. The molecule has 8 heteroatoms. The van der Waals surface area contributed by atoms with Crippen molar-refractivity contribution in [2.75, 3.05) is 11.4 Å². The predicted octanol–water partition coefficient (Wildman–Crippen LogP) is 1.76. The van der Waals surface area contributed by atoms with Gasteiger partial charge in [-0.15, -0.1) is 0 Å². The Morgan fingerprint density at radius 3 is 2.88 bits per heavy atom. The Labute approximate surface area is 140 Å². The van der Waals surface area contributed by atoms with Crippen LogP contribution in [0.4, 0.5) is 5.69 Å². The number of aryl methyl sites for hydroxylation is 2. The van der Waals surface area contributed by atoms with Gasteiger partial charge in [0.2, 0.25) is 15.9 Å². The number of sulfonamides is 1. The molecule has 0 unspecified atom stereocenters. The molecule has 1 aromatic carbocycles. The number of carbonyl (C=O) groups is 1. The largest absolute Gasteiger partial charge is 0.449 e. The first-order valence-electron chi connectivity index (χ1n) is 7.68. The zero-order valence-corrected chi connectivity index (χ0v) is 14.4. The highest BCUT2D eigenvalue weighted by Gasteiger charge is 2.23. The Morgan fingerprint density at radius 2 is 2.21 bits per heavy atom. The number of aromatic nitrogens is 1. The monoisotopic (exact) mass is 349 g/mol. The second-order valence-electron chi connectivity index (χ2n) is 5.75. The van der Waals surface area contributed by atoms with E-state index in [1.165, 1.54) is 19.3 Å². The molecule has 7 nitrogen and oxygen atoms in total. The minimum atomic E-state index is -3.66. The van der Waals surface area contributed by atoms with E-state index < -0.39 is 10.0 Å². The fraction of sp³-hybridized carbons (Fsp3) is 0.375. The lowest BCUT2D eigenvalue weighted by Gasteiger charge is -2.28. The molecule has 2 heterocycles. The lowest BCUT2D eigenvalue weighted by molar-refractivity contribution is -0.116. The number of hydrogen-bond acceptors (Lipinski definition) is 5. The van der Waals surface area contributed by atoms with Gasteiger partial charge in [-0.3, -0.25) is 4.79 Å². The summed E-state index contributed by atoms with van der Waals surface area (Å²) in [4.78, 5) is 17.6. The number of amides is 1. The van der Waals surface area contributed by atoms with Gasteiger partial charge in [-0.2, -0.15) is 0 Å². The lowest BCUT2D eigenvalue weighted by atomic mass is 10.0. The van der Waals surface area contributed by atoms with Gasteiger partial charge in [0.25, 0.3) is 0 Å². The summed E-state index contributed by atoms with van der Waals surface area (Å²) < 4.78 is 32.5. The molecule has 0 bridgehead atoms. The van der Waals surface area contributed by atoms with Crippen LogP contribution in [0, 0.1) is 6.92 Å². The number of fused-ring (bicyclic) bond motifs is 1. The summed E-state index contributed by atoms with van der Waals surface area (Å²) in [7, 11) is -3.66. The van der Waals surface area contributed by atoms with Crippen LogP contribution in [0.5, 0.6) is 0 Å². The van der Waals surface area contributed by atoms with Gasteiger partial charge in [0.15, 0.2) is 5.89 Å². The van der Waals surface area contributed by atoms with Gasteiger partial charge in [0.05, 0.1) is 17.1 Å². The highest BCUT2D eigenvalue weighted by molar-refractivity contribution is 7.89. The second kappa shape index (κ2) is 6.37. The minimum absolute atomic E-state index is 0.0360. The second-order valence-corrected chi connectivity index (χ2v) is 7.51. The van der Waals surface area contributed by atoms with Crippen LogP contribution in [-0.2, 0) is 27.8 Å². The van der Waals surface area contributed by atoms with E-state index in [0.29, 0.717) is 18.1 Å². The molecule has 1 aliphatic heterocycles. The highest BCUT2D eigenvalue weighted by Crippen LogP contribution is 2.29. The predicted molar refractivity (Wildman–Crippen MR) is 88.1 cm³/mol. The van der Waals surface area contributed by atoms with Crippen LogP contribution in [0.1, 0.15) is 30.5 Å². The minimum Gasteiger partial charge on any atom is -0.449 e. The maximum Gasteiger partial charge on any atom is 0.240 e. The topological polar surface area (TPSA) is 92.5 Å². The summed E-state index contributed by atoms with van der Waals surface area (Å²) in [5, 5.41) is 0. The zero-order chi connectivity index (χ0) is 17.3. The van der Waals surface area contributed by atoms with Gasteiger partial charge in [0, 0.05) is 26.1 Å². The third-order valence-electron chi connectivity index (χ3n) is 3.97. The SMILES string of the molecule is CC(=O)N1CCCc2cc(S(=O)(=O)NCc3coc(C)n3)ccc21. The van der Waals surface area contributed by atoms with E-state index in [1.807, 2.05) is 0 Å². The molecule has 0 radical (unpaired) electrons. The maximum atomic E-state index is 12.5. The van der Waals surface area contributed by atoms with Crippen LogP contribution in [0.25, 0.3) is 0 Å². The summed E-state index contributed by atoms with van der Waals surface area (Å²) in [6.07, 6.45) is 3.00. The smallest absolute Gasteiger partial charge is 0.240 e. The third-order valence-corrected chi connectivity index (χ3v) is 5.37. The Morgan fingerprint density at radius 1 is 1.42 bits per heavy atom. The molecular weight excluding hydrogens is 330 g/mol. The van der Waals surface area contributed by atoms with Crippen molar-refractivity contribution in [2.24, 2.45) is 0 Å². The first-order chi connectivity index (χ1) is 11.4. The van der Waals surface area contributed by atoms with E-state index in [2.05, 4.69) is 9.71 Å². The Kier molecular flexibility index (Phi) is 4.42. The summed E-state index contributed by atoms with van der Waals surface area (Å²) in [6.45, 7) is 3.94. The van der Waals surface area contributed by atoms with Crippen molar-refractivity contribution in [3.05, 3.63) is 41.6 Å². The summed E-state index contributed by atoms with van der Waals surface area (Å²) in [5.74, 6) is 0.452. The van der Waals surface area contributed by atoms with Gasteiger partial charge in [0.1, 0.15) is 6.26 Å². The molecule has 0 aliphatic carbocycles. The van der Waals surface area contributed by atoms with Crippen molar-refractivity contribution < 1.29 is 17.6 Å². The molecule has 2 aromatic rings. The first-order valence-corrected chi connectivity index (χ1v) is 9.17. The van der Waals surface area contributed by atoms with E-state index >= 15 is 0 Å². The normalized spacial score (nSPS) is 14.5. The van der Waals surface area contributed by atoms with E-state index in [-0.39, 0.29) is 17.3 Å². The molecule has 1 aliphatic rings. The summed E-state index contributed by atoms with van der Waals surface area (Å²) in [6, 6.07) is 4.86. The van der Waals surface area contributed by atoms with Crippen LogP contribution >= 0.6 is 0 Å². The van der Waals surface area contributed by atoms with Gasteiger partial charge in [-0.05, 0) is 36.6 Å². The average molecular weight is 349 g/mol. The molecular formula is C16H19N3O4S. The molecule has 24 heavy (non-hydrogen) atoms. The van der Waals surface area contributed by atoms with Crippen molar-refractivity contribution in [3.63, 3.8) is 0 Å². The summed E-state index contributed by atoms with van der Waals surface area (Å²) in [5.41, 5.74) is 2.19. The molecule has 1 N–H and O–H groups in total. The first kappa shape index (κ1) is 16.7. The standard InChI is InChI=1S/C16H19N3O4S/c1-11-18-14(10-23-11)9-17-24(21,22)15-5-6-16-13(8-15)4-3-7-19(16)12(2)20/h5-6,8,10,17H,3-4,7,9H2,1-2H3. The fourth-order valence-electron chi connectivity index (χ4n) is 2.81. The van der Waals surface area contributed by atoms with E-state index in [4.69, 9.17) is 4.42 Å². The van der Waals surface area contributed by atoms with E-state index in [9.17, 15) is 13.2 Å². The lowest BCUT2D eigenvalue weighted by Crippen LogP contribution is -2.33.